The van der Waals surface area contributed by atoms with E-state index in [2.05, 4.69) is 15.6 Å². The Hall–Kier alpha value is -2.87. The summed E-state index contributed by atoms with van der Waals surface area (Å²) in [5, 5.41) is 7.86. The second-order valence-electron chi connectivity index (χ2n) is 5.49. The van der Waals surface area contributed by atoms with Gasteiger partial charge in [0.1, 0.15) is 0 Å². The third-order valence-corrected chi connectivity index (χ3v) is 4.26. The SMILES string of the molecule is Cc1nc(-c2cccc(NC(=O)Nc3cccc(C(F)(F)F)c3)c2)cs1. The number of benzene rings is 2. The molecular formula is C18H14F3N3OS. The highest BCUT2D eigenvalue weighted by Crippen LogP contribution is 2.30. The van der Waals surface area contributed by atoms with Crippen LogP contribution in [-0.4, -0.2) is 11.0 Å². The molecule has 0 aliphatic rings. The highest BCUT2D eigenvalue weighted by Gasteiger charge is 2.30. The molecule has 0 radical (unpaired) electrons. The van der Waals surface area contributed by atoms with Crippen LogP contribution in [0.2, 0.25) is 0 Å². The van der Waals surface area contributed by atoms with Gasteiger partial charge in [-0.3, -0.25) is 0 Å². The van der Waals surface area contributed by atoms with Crippen LogP contribution in [0.3, 0.4) is 0 Å². The molecule has 0 fully saturated rings. The van der Waals surface area contributed by atoms with Crippen LogP contribution in [0.5, 0.6) is 0 Å². The number of nitrogens with one attached hydrogen (secondary N) is 2. The Morgan fingerprint density at radius 1 is 1.04 bits per heavy atom. The molecule has 4 nitrogen and oxygen atoms in total. The standard InChI is InChI=1S/C18H14F3N3OS/c1-11-22-16(10-26-11)12-4-2-6-14(8-12)23-17(25)24-15-7-3-5-13(9-15)18(19,20)21/h2-10H,1H3,(H2,23,24,25). The third kappa shape index (κ3) is 4.40. The summed E-state index contributed by atoms with van der Waals surface area (Å²) in [6, 6.07) is 10.9. The van der Waals surface area contributed by atoms with E-state index in [-0.39, 0.29) is 5.69 Å². The van der Waals surface area contributed by atoms with Gasteiger partial charge in [0.05, 0.1) is 16.3 Å². The Balaban J connectivity index is 1.71. The van der Waals surface area contributed by atoms with Crippen LogP contribution < -0.4 is 10.6 Å². The number of halogens is 3. The van der Waals surface area contributed by atoms with Crippen LogP contribution >= 0.6 is 11.3 Å². The van der Waals surface area contributed by atoms with Crippen molar-refractivity contribution in [1.29, 1.82) is 0 Å². The second kappa shape index (κ2) is 7.17. The molecule has 0 saturated heterocycles. The fraction of sp³-hybridized carbons (Fsp3) is 0.111. The van der Waals surface area contributed by atoms with Crippen molar-refractivity contribution in [2.75, 3.05) is 10.6 Å². The fourth-order valence-electron chi connectivity index (χ4n) is 2.32. The molecule has 0 aliphatic heterocycles. The number of urea groups is 1. The van der Waals surface area contributed by atoms with E-state index in [1.807, 2.05) is 18.4 Å². The minimum absolute atomic E-state index is 0.0589. The van der Waals surface area contributed by atoms with E-state index in [4.69, 9.17) is 0 Å². The van der Waals surface area contributed by atoms with Gasteiger partial charge < -0.3 is 10.6 Å². The Morgan fingerprint density at radius 3 is 2.31 bits per heavy atom. The quantitative estimate of drug-likeness (QED) is 0.608. The summed E-state index contributed by atoms with van der Waals surface area (Å²) in [6.07, 6.45) is -4.46. The first-order valence-corrected chi connectivity index (χ1v) is 8.47. The number of carbonyl (C=O) groups is 1. The van der Waals surface area contributed by atoms with Gasteiger partial charge in [-0.1, -0.05) is 18.2 Å². The number of hydrogen-bond donors (Lipinski definition) is 2. The maximum atomic E-state index is 12.7. The molecule has 0 saturated carbocycles. The summed E-state index contributed by atoms with van der Waals surface area (Å²) < 4.78 is 38.2. The average Bonchev–Trinajstić information content (AvgIpc) is 3.01. The normalized spacial score (nSPS) is 11.2. The monoisotopic (exact) mass is 377 g/mol. The Labute approximate surface area is 151 Å². The van der Waals surface area contributed by atoms with Crippen molar-refractivity contribution >= 4 is 28.7 Å². The van der Waals surface area contributed by atoms with Crippen molar-refractivity contribution in [1.82, 2.24) is 4.98 Å². The lowest BCUT2D eigenvalue weighted by Gasteiger charge is -2.11. The second-order valence-corrected chi connectivity index (χ2v) is 6.55. The van der Waals surface area contributed by atoms with Crippen molar-refractivity contribution in [3.8, 4) is 11.3 Å². The molecule has 2 aromatic carbocycles. The molecule has 0 spiro atoms. The molecule has 8 heteroatoms. The molecule has 0 aliphatic carbocycles. The number of alkyl halides is 3. The van der Waals surface area contributed by atoms with Crippen LogP contribution in [0.25, 0.3) is 11.3 Å². The van der Waals surface area contributed by atoms with Crippen LogP contribution in [0.1, 0.15) is 10.6 Å². The number of thiazole rings is 1. The topological polar surface area (TPSA) is 54.0 Å². The van der Waals surface area contributed by atoms with Gasteiger partial charge in [-0.05, 0) is 37.3 Å². The molecule has 26 heavy (non-hydrogen) atoms. The lowest BCUT2D eigenvalue weighted by Crippen LogP contribution is -2.19. The third-order valence-electron chi connectivity index (χ3n) is 3.48. The maximum Gasteiger partial charge on any atom is 0.416 e. The number of rotatable bonds is 3. The van der Waals surface area contributed by atoms with Crippen molar-refractivity contribution in [2.24, 2.45) is 0 Å². The van der Waals surface area contributed by atoms with E-state index in [1.165, 1.54) is 23.5 Å². The Bertz CT molecular complexity index is 937. The van der Waals surface area contributed by atoms with E-state index in [0.717, 1.165) is 28.4 Å². The predicted molar refractivity (Wildman–Crippen MR) is 96.4 cm³/mol. The van der Waals surface area contributed by atoms with Crippen molar-refractivity contribution < 1.29 is 18.0 Å². The molecule has 134 valence electrons. The zero-order valence-corrected chi connectivity index (χ0v) is 14.4. The molecular weight excluding hydrogens is 363 g/mol. The number of aryl methyl sites for hydroxylation is 1. The van der Waals surface area contributed by atoms with Gasteiger partial charge in [0.15, 0.2) is 0 Å². The number of hydrogen-bond acceptors (Lipinski definition) is 3. The van der Waals surface area contributed by atoms with Crippen molar-refractivity contribution in [3.63, 3.8) is 0 Å². The van der Waals surface area contributed by atoms with Crippen LogP contribution in [0.4, 0.5) is 29.3 Å². The molecule has 0 atom stereocenters. The summed E-state index contributed by atoms with van der Waals surface area (Å²) in [4.78, 5) is 16.5. The van der Waals surface area contributed by atoms with E-state index >= 15 is 0 Å². The molecule has 3 rings (SSSR count). The molecule has 1 heterocycles. The molecule has 1 aromatic heterocycles. The van der Waals surface area contributed by atoms with Gasteiger partial charge in [0.25, 0.3) is 0 Å². The van der Waals surface area contributed by atoms with Crippen molar-refractivity contribution in [3.05, 3.63) is 64.5 Å². The minimum Gasteiger partial charge on any atom is -0.308 e. The predicted octanol–water partition coefficient (Wildman–Crippen LogP) is 5.78. The first-order valence-electron chi connectivity index (χ1n) is 7.59. The fourth-order valence-corrected chi connectivity index (χ4v) is 2.94. The molecule has 0 unspecified atom stereocenters. The Kier molecular flexibility index (Phi) is 4.94. The number of nitrogens with zero attached hydrogens (tertiary/aromatic N) is 1. The first-order chi connectivity index (χ1) is 12.3. The zero-order valence-electron chi connectivity index (χ0n) is 13.6. The number of carbonyl (C=O) groups excluding carboxylic acids is 1. The highest BCUT2D eigenvalue weighted by atomic mass is 32.1. The number of aromatic nitrogens is 1. The summed E-state index contributed by atoms with van der Waals surface area (Å²) in [5.41, 5.74) is 1.39. The van der Waals surface area contributed by atoms with Gasteiger partial charge in [-0.25, -0.2) is 9.78 Å². The van der Waals surface area contributed by atoms with E-state index in [1.54, 1.807) is 18.2 Å². The summed E-state index contributed by atoms with van der Waals surface area (Å²) in [7, 11) is 0. The van der Waals surface area contributed by atoms with Gasteiger partial charge in [-0.15, -0.1) is 11.3 Å². The maximum absolute atomic E-state index is 12.7. The zero-order chi connectivity index (χ0) is 18.7. The van der Waals surface area contributed by atoms with E-state index in [0.29, 0.717) is 5.69 Å². The number of anilines is 2. The summed E-state index contributed by atoms with van der Waals surface area (Å²) in [5.74, 6) is 0. The van der Waals surface area contributed by atoms with Gasteiger partial charge >= 0.3 is 12.2 Å². The van der Waals surface area contributed by atoms with Crippen LogP contribution in [-0.2, 0) is 6.18 Å². The van der Waals surface area contributed by atoms with E-state index in [9.17, 15) is 18.0 Å². The molecule has 0 bridgehead atoms. The molecule has 2 N–H and O–H groups in total. The smallest absolute Gasteiger partial charge is 0.308 e. The summed E-state index contributed by atoms with van der Waals surface area (Å²) >= 11 is 1.52. The van der Waals surface area contributed by atoms with E-state index < -0.39 is 17.8 Å². The van der Waals surface area contributed by atoms with Gasteiger partial charge in [0.2, 0.25) is 0 Å². The van der Waals surface area contributed by atoms with Crippen LogP contribution in [0.15, 0.2) is 53.9 Å². The Morgan fingerprint density at radius 2 is 1.69 bits per heavy atom. The molecule has 3 aromatic rings. The average molecular weight is 377 g/mol. The first kappa shape index (κ1) is 17.9. The largest absolute Gasteiger partial charge is 0.416 e. The van der Waals surface area contributed by atoms with Crippen molar-refractivity contribution in [2.45, 2.75) is 13.1 Å². The summed E-state index contributed by atoms with van der Waals surface area (Å²) in [6.45, 7) is 1.90. The lowest BCUT2D eigenvalue weighted by atomic mass is 10.1. The highest BCUT2D eigenvalue weighted by molar-refractivity contribution is 7.09. The van der Waals surface area contributed by atoms with Gasteiger partial charge in [-0.2, -0.15) is 13.2 Å². The number of amides is 2. The minimum atomic E-state index is -4.46. The van der Waals surface area contributed by atoms with Crippen LogP contribution in [0, 0.1) is 6.92 Å². The van der Waals surface area contributed by atoms with Gasteiger partial charge in [0, 0.05) is 22.3 Å². The molecule has 2 amide bonds. The lowest BCUT2D eigenvalue weighted by molar-refractivity contribution is -0.137.